The highest BCUT2D eigenvalue weighted by Crippen LogP contribution is 1.99. The number of carbonyl (C=O) groups is 2. The van der Waals surface area contributed by atoms with Gasteiger partial charge in [-0.2, -0.15) is 4.98 Å². The average molecular weight is 291 g/mol. The molecule has 0 saturated carbocycles. The molecule has 2 heterocycles. The van der Waals surface area contributed by atoms with E-state index < -0.39 is 12.0 Å². The van der Waals surface area contributed by atoms with E-state index >= 15 is 0 Å². The van der Waals surface area contributed by atoms with Crippen molar-refractivity contribution >= 4 is 12.0 Å². The summed E-state index contributed by atoms with van der Waals surface area (Å²) in [5.41, 5.74) is 0.709. The van der Waals surface area contributed by atoms with E-state index in [0.29, 0.717) is 5.69 Å². The van der Waals surface area contributed by atoms with Crippen molar-refractivity contribution in [3.05, 3.63) is 41.8 Å². The van der Waals surface area contributed by atoms with Crippen molar-refractivity contribution in [2.45, 2.75) is 13.0 Å². The van der Waals surface area contributed by atoms with Crippen molar-refractivity contribution in [1.82, 2.24) is 25.8 Å². The first-order valence-electron chi connectivity index (χ1n) is 6.12. The first kappa shape index (κ1) is 14.4. The summed E-state index contributed by atoms with van der Waals surface area (Å²) in [5.74, 6) is -0.398. The number of nitrogens with zero attached hydrogens (tertiary/aromatic N) is 3. The van der Waals surface area contributed by atoms with Gasteiger partial charge in [0, 0.05) is 19.2 Å². The van der Waals surface area contributed by atoms with Gasteiger partial charge in [-0.1, -0.05) is 11.2 Å². The Labute approximate surface area is 119 Å². The maximum Gasteiger partial charge on any atom is 0.404 e. The van der Waals surface area contributed by atoms with E-state index in [1.807, 2.05) is 6.07 Å². The molecule has 0 aliphatic heterocycles. The molecule has 0 aliphatic rings. The molecule has 21 heavy (non-hydrogen) atoms. The Morgan fingerprint density at radius 1 is 1.29 bits per heavy atom. The van der Waals surface area contributed by atoms with E-state index in [0.717, 1.165) is 0 Å². The third-order valence-electron chi connectivity index (χ3n) is 2.44. The zero-order valence-corrected chi connectivity index (χ0v) is 10.9. The van der Waals surface area contributed by atoms with Gasteiger partial charge in [-0.25, -0.2) is 4.79 Å². The smallest absolute Gasteiger partial charge is 0.404 e. The zero-order chi connectivity index (χ0) is 15.1. The van der Waals surface area contributed by atoms with Crippen LogP contribution >= 0.6 is 0 Å². The number of aromatic nitrogens is 3. The average Bonchev–Trinajstić information content (AvgIpc) is 2.94. The molecule has 0 aliphatic carbocycles. The van der Waals surface area contributed by atoms with Gasteiger partial charge in [-0.15, -0.1) is 0 Å². The van der Waals surface area contributed by atoms with Crippen LogP contribution in [0.2, 0.25) is 0 Å². The Kier molecular flexibility index (Phi) is 4.80. The molecule has 9 nitrogen and oxygen atoms in total. The highest BCUT2D eigenvalue weighted by Gasteiger charge is 2.14. The lowest BCUT2D eigenvalue weighted by molar-refractivity contribution is 0.0937. The standard InChI is InChI=1S/C12H13N5O4/c18-11(15-7-8-3-1-2-5-13-8)10-16-9(21-17-10)4-6-14-12(19)20/h1-3,5,14H,4,6-7H2,(H,15,18)(H,19,20). The predicted octanol–water partition coefficient (Wildman–Crippen LogP) is 0.205. The summed E-state index contributed by atoms with van der Waals surface area (Å²) in [5, 5.41) is 16.7. The van der Waals surface area contributed by atoms with Crippen LogP contribution in [-0.2, 0) is 13.0 Å². The third-order valence-corrected chi connectivity index (χ3v) is 2.44. The number of rotatable bonds is 6. The number of amides is 2. The minimum absolute atomic E-state index is 0.101. The Morgan fingerprint density at radius 2 is 2.14 bits per heavy atom. The van der Waals surface area contributed by atoms with Crippen molar-refractivity contribution in [1.29, 1.82) is 0 Å². The molecule has 3 N–H and O–H groups in total. The highest BCUT2D eigenvalue weighted by atomic mass is 16.5. The molecule has 9 heteroatoms. The van der Waals surface area contributed by atoms with Gasteiger partial charge >= 0.3 is 6.09 Å². The minimum atomic E-state index is -1.14. The third kappa shape index (κ3) is 4.56. The second-order valence-corrected chi connectivity index (χ2v) is 4.00. The summed E-state index contributed by atoms with van der Waals surface area (Å²) in [6.45, 7) is 0.386. The van der Waals surface area contributed by atoms with Crippen LogP contribution in [0.25, 0.3) is 0 Å². The Hall–Kier alpha value is -2.97. The van der Waals surface area contributed by atoms with E-state index in [1.54, 1.807) is 18.3 Å². The van der Waals surface area contributed by atoms with Crippen LogP contribution in [0.5, 0.6) is 0 Å². The quantitative estimate of drug-likeness (QED) is 0.693. The van der Waals surface area contributed by atoms with Gasteiger partial charge in [0.05, 0.1) is 12.2 Å². The van der Waals surface area contributed by atoms with E-state index in [4.69, 9.17) is 9.63 Å². The number of pyridine rings is 1. The van der Waals surface area contributed by atoms with E-state index in [1.165, 1.54) is 0 Å². The topological polar surface area (TPSA) is 130 Å². The number of carboxylic acid groups (broad SMARTS) is 1. The molecular weight excluding hydrogens is 278 g/mol. The van der Waals surface area contributed by atoms with Crippen LogP contribution < -0.4 is 10.6 Å². The SMILES string of the molecule is O=C(O)NCCc1nc(C(=O)NCc2ccccn2)no1. The van der Waals surface area contributed by atoms with E-state index in [2.05, 4.69) is 25.8 Å². The molecule has 2 aromatic rings. The number of nitrogens with one attached hydrogen (secondary N) is 2. The maximum absolute atomic E-state index is 11.8. The molecule has 0 unspecified atom stereocenters. The largest absolute Gasteiger partial charge is 0.465 e. The normalized spacial score (nSPS) is 10.1. The lowest BCUT2D eigenvalue weighted by Crippen LogP contribution is -2.25. The first-order valence-corrected chi connectivity index (χ1v) is 6.12. The molecule has 2 aromatic heterocycles. The number of hydrogen-bond donors (Lipinski definition) is 3. The van der Waals surface area contributed by atoms with Crippen LogP contribution in [-0.4, -0.2) is 38.8 Å². The molecule has 110 valence electrons. The summed E-state index contributed by atoms with van der Waals surface area (Å²) in [6.07, 6.45) is 0.707. The molecular formula is C12H13N5O4. The highest BCUT2D eigenvalue weighted by molar-refractivity contribution is 5.90. The van der Waals surface area contributed by atoms with Gasteiger partial charge in [0.1, 0.15) is 0 Å². The van der Waals surface area contributed by atoms with Crippen molar-refractivity contribution < 1.29 is 19.2 Å². The minimum Gasteiger partial charge on any atom is -0.465 e. The number of carbonyl (C=O) groups excluding carboxylic acids is 1. The Morgan fingerprint density at radius 3 is 2.86 bits per heavy atom. The summed E-state index contributed by atoms with van der Waals surface area (Å²) < 4.78 is 4.85. The predicted molar refractivity (Wildman–Crippen MR) is 69.4 cm³/mol. The van der Waals surface area contributed by atoms with Crippen molar-refractivity contribution in [3.63, 3.8) is 0 Å². The van der Waals surface area contributed by atoms with Gasteiger partial charge in [0.25, 0.3) is 11.7 Å². The van der Waals surface area contributed by atoms with Crippen LogP contribution in [0.1, 0.15) is 22.2 Å². The Balaban J connectivity index is 1.83. The molecule has 0 saturated heterocycles. The van der Waals surface area contributed by atoms with Crippen molar-refractivity contribution in [2.75, 3.05) is 6.54 Å². The fourth-order valence-corrected chi connectivity index (χ4v) is 1.48. The first-order chi connectivity index (χ1) is 10.1. The van der Waals surface area contributed by atoms with Crippen molar-refractivity contribution in [3.8, 4) is 0 Å². The molecule has 0 atom stereocenters. The molecule has 2 rings (SSSR count). The van der Waals surface area contributed by atoms with Crippen LogP contribution in [0.4, 0.5) is 4.79 Å². The molecule has 0 spiro atoms. The van der Waals surface area contributed by atoms with E-state index in [-0.39, 0.29) is 31.2 Å². The van der Waals surface area contributed by atoms with Crippen LogP contribution in [0, 0.1) is 0 Å². The number of hydrogen-bond acceptors (Lipinski definition) is 6. The van der Waals surface area contributed by atoms with Crippen LogP contribution in [0.15, 0.2) is 28.9 Å². The van der Waals surface area contributed by atoms with Gasteiger partial charge in [-0.3, -0.25) is 9.78 Å². The lowest BCUT2D eigenvalue weighted by Gasteiger charge is -2.00. The summed E-state index contributed by atoms with van der Waals surface area (Å²) in [4.78, 5) is 30.0. The van der Waals surface area contributed by atoms with Gasteiger partial charge in [0.15, 0.2) is 0 Å². The van der Waals surface area contributed by atoms with Gasteiger partial charge in [-0.05, 0) is 12.1 Å². The van der Waals surface area contributed by atoms with Gasteiger partial charge < -0.3 is 20.3 Å². The fraction of sp³-hybridized carbons (Fsp3) is 0.250. The molecule has 0 aromatic carbocycles. The van der Waals surface area contributed by atoms with Gasteiger partial charge in [0.2, 0.25) is 5.89 Å². The lowest BCUT2D eigenvalue weighted by atomic mass is 10.3. The second kappa shape index (κ2) is 6.98. The Bertz CT molecular complexity index is 613. The molecule has 2 amide bonds. The summed E-state index contributed by atoms with van der Waals surface area (Å²) in [7, 11) is 0. The summed E-state index contributed by atoms with van der Waals surface area (Å²) in [6, 6.07) is 5.37. The molecule has 0 radical (unpaired) electrons. The maximum atomic E-state index is 11.8. The monoisotopic (exact) mass is 291 g/mol. The van der Waals surface area contributed by atoms with Crippen molar-refractivity contribution in [2.24, 2.45) is 0 Å². The molecule has 0 bridgehead atoms. The summed E-state index contributed by atoms with van der Waals surface area (Å²) >= 11 is 0. The fourth-order valence-electron chi connectivity index (χ4n) is 1.48. The second-order valence-electron chi connectivity index (χ2n) is 4.00. The van der Waals surface area contributed by atoms with E-state index in [9.17, 15) is 9.59 Å². The zero-order valence-electron chi connectivity index (χ0n) is 10.9. The van der Waals surface area contributed by atoms with Crippen LogP contribution in [0.3, 0.4) is 0 Å². The molecule has 0 fully saturated rings.